The van der Waals surface area contributed by atoms with Gasteiger partial charge in [-0.3, -0.25) is 4.79 Å². The lowest BCUT2D eigenvalue weighted by Crippen LogP contribution is -2.19. The number of amides is 1. The van der Waals surface area contributed by atoms with E-state index >= 15 is 0 Å². The van der Waals surface area contributed by atoms with Crippen LogP contribution in [0.2, 0.25) is 0 Å². The number of rotatable bonds is 5. The van der Waals surface area contributed by atoms with Gasteiger partial charge in [-0.1, -0.05) is 17.7 Å². The van der Waals surface area contributed by atoms with Gasteiger partial charge in [0.2, 0.25) is 5.91 Å². The molecule has 1 aromatic carbocycles. The van der Waals surface area contributed by atoms with Crippen molar-refractivity contribution in [2.24, 2.45) is 0 Å². The van der Waals surface area contributed by atoms with Crippen LogP contribution >= 0.6 is 0 Å². The summed E-state index contributed by atoms with van der Waals surface area (Å²) in [5, 5.41) is 2.94. The lowest BCUT2D eigenvalue weighted by Gasteiger charge is -2.16. The normalized spacial score (nSPS) is 14.0. The summed E-state index contributed by atoms with van der Waals surface area (Å²) in [6, 6.07) is 12.0. The summed E-state index contributed by atoms with van der Waals surface area (Å²) in [4.78, 5) is 18.8. The predicted octanol–water partition coefficient (Wildman–Crippen LogP) is 3.56. The zero-order valence-electron chi connectivity index (χ0n) is 13.6. The van der Waals surface area contributed by atoms with Crippen LogP contribution in [-0.2, 0) is 11.2 Å². The molecule has 1 saturated heterocycles. The van der Waals surface area contributed by atoms with Crippen molar-refractivity contribution in [3.8, 4) is 0 Å². The Kier molecular flexibility index (Phi) is 4.91. The fourth-order valence-corrected chi connectivity index (χ4v) is 2.85. The zero-order valence-corrected chi connectivity index (χ0v) is 13.6. The number of aromatic nitrogens is 1. The van der Waals surface area contributed by atoms with Crippen LogP contribution in [-0.4, -0.2) is 24.0 Å². The Hall–Kier alpha value is -2.36. The monoisotopic (exact) mass is 309 g/mol. The van der Waals surface area contributed by atoms with Crippen LogP contribution in [0.25, 0.3) is 0 Å². The van der Waals surface area contributed by atoms with Gasteiger partial charge in [-0.2, -0.15) is 0 Å². The molecule has 1 aromatic heterocycles. The molecule has 1 fully saturated rings. The van der Waals surface area contributed by atoms with E-state index in [2.05, 4.69) is 21.3 Å². The Balaban J connectivity index is 1.54. The van der Waals surface area contributed by atoms with E-state index in [1.807, 2.05) is 43.5 Å². The van der Waals surface area contributed by atoms with Gasteiger partial charge in [-0.05, 0) is 56.0 Å². The topological polar surface area (TPSA) is 45.2 Å². The molecule has 3 rings (SSSR count). The van der Waals surface area contributed by atoms with Crippen LogP contribution in [0.15, 0.2) is 42.6 Å². The third-order valence-corrected chi connectivity index (χ3v) is 4.22. The molecule has 2 heterocycles. The molecule has 0 spiro atoms. The van der Waals surface area contributed by atoms with Crippen LogP contribution in [0.1, 0.15) is 30.4 Å². The van der Waals surface area contributed by atoms with Gasteiger partial charge in [0.25, 0.3) is 0 Å². The Labute approximate surface area is 137 Å². The minimum absolute atomic E-state index is 0.0494. The number of nitrogens with one attached hydrogen (secondary N) is 1. The molecule has 4 heteroatoms. The highest BCUT2D eigenvalue weighted by molar-refractivity contribution is 5.90. The fourth-order valence-electron chi connectivity index (χ4n) is 2.85. The van der Waals surface area contributed by atoms with Gasteiger partial charge in [0.1, 0.15) is 5.82 Å². The predicted molar refractivity (Wildman–Crippen MR) is 93.8 cm³/mol. The van der Waals surface area contributed by atoms with Gasteiger partial charge < -0.3 is 10.2 Å². The Morgan fingerprint density at radius 2 is 1.91 bits per heavy atom. The number of benzene rings is 1. The molecule has 0 atom stereocenters. The van der Waals surface area contributed by atoms with Gasteiger partial charge in [-0.15, -0.1) is 0 Å². The second-order valence-electron chi connectivity index (χ2n) is 6.13. The number of pyridine rings is 1. The van der Waals surface area contributed by atoms with Gasteiger partial charge >= 0.3 is 0 Å². The molecular weight excluding hydrogens is 286 g/mol. The number of carbonyl (C=O) groups excluding carboxylic acids is 1. The lowest BCUT2D eigenvalue weighted by molar-refractivity contribution is -0.116. The van der Waals surface area contributed by atoms with Gasteiger partial charge in [0, 0.05) is 31.4 Å². The van der Waals surface area contributed by atoms with Gasteiger partial charge in [0.05, 0.1) is 0 Å². The van der Waals surface area contributed by atoms with Crippen molar-refractivity contribution in [1.82, 2.24) is 4.98 Å². The molecule has 2 aromatic rings. The number of aryl methyl sites for hydroxylation is 2. The third kappa shape index (κ3) is 4.31. The smallest absolute Gasteiger partial charge is 0.224 e. The number of nitrogens with zero attached hydrogens (tertiary/aromatic N) is 2. The van der Waals surface area contributed by atoms with E-state index in [4.69, 9.17) is 0 Å². The first-order valence-corrected chi connectivity index (χ1v) is 8.27. The van der Waals surface area contributed by atoms with Crippen LogP contribution in [0.3, 0.4) is 0 Å². The van der Waals surface area contributed by atoms with Crippen LogP contribution in [0.4, 0.5) is 11.5 Å². The minimum atomic E-state index is 0.0494. The summed E-state index contributed by atoms with van der Waals surface area (Å²) in [5.41, 5.74) is 3.21. The molecule has 120 valence electrons. The molecule has 0 saturated carbocycles. The SMILES string of the molecule is Cc1ccc(NC(=O)CCc2ccnc(N3CCCC3)c2)cc1. The fraction of sp³-hybridized carbons (Fsp3) is 0.368. The maximum Gasteiger partial charge on any atom is 0.224 e. The summed E-state index contributed by atoms with van der Waals surface area (Å²) < 4.78 is 0. The quantitative estimate of drug-likeness (QED) is 0.918. The van der Waals surface area contributed by atoms with Crippen molar-refractivity contribution < 1.29 is 4.79 Å². The van der Waals surface area contributed by atoms with Crippen LogP contribution in [0, 0.1) is 6.92 Å². The zero-order chi connectivity index (χ0) is 16.1. The first-order chi connectivity index (χ1) is 11.2. The number of hydrogen-bond acceptors (Lipinski definition) is 3. The summed E-state index contributed by atoms with van der Waals surface area (Å²) in [7, 11) is 0. The number of hydrogen-bond donors (Lipinski definition) is 1. The highest BCUT2D eigenvalue weighted by Crippen LogP contribution is 2.19. The van der Waals surface area contributed by atoms with E-state index in [0.717, 1.165) is 31.0 Å². The van der Waals surface area contributed by atoms with E-state index < -0.39 is 0 Å². The van der Waals surface area contributed by atoms with Crippen LogP contribution < -0.4 is 10.2 Å². The highest BCUT2D eigenvalue weighted by atomic mass is 16.1. The molecule has 23 heavy (non-hydrogen) atoms. The summed E-state index contributed by atoms with van der Waals surface area (Å²) >= 11 is 0. The highest BCUT2D eigenvalue weighted by Gasteiger charge is 2.13. The standard InChI is InChI=1S/C19H23N3O/c1-15-4-7-17(8-5-15)21-19(23)9-6-16-10-11-20-18(14-16)22-12-2-3-13-22/h4-5,7-8,10-11,14H,2-3,6,9,12-13H2,1H3,(H,21,23). The first-order valence-electron chi connectivity index (χ1n) is 8.27. The molecule has 0 bridgehead atoms. The second kappa shape index (κ2) is 7.27. The minimum Gasteiger partial charge on any atom is -0.357 e. The molecule has 1 N–H and O–H groups in total. The summed E-state index contributed by atoms with van der Waals surface area (Å²) in [5.74, 6) is 1.09. The molecule has 1 aliphatic heterocycles. The molecule has 1 amide bonds. The summed E-state index contributed by atoms with van der Waals surface area (Å²) in [6.45, 7) is 4.21. The molecular formula is C19H23N3O. The van der Waals surface area contributed by atoms with E-state index in [1.54, 1.807) is 0 Å². The second-order valence-corrected chi connectivity index (χ2v) is 6.13. The van der Waals surface area contributed by atoms with Crippen molar-refractivity contribution >= 4 is 17.4 Å². The molecule has 0 aliphatic carbocycles. The van der Waals surface area contributed by atoms with Gasteiger partial charge in [-0.25, -0.2) is 4.98 Å². The maximum atomic E-state index is 12.1. The Morgan fingerprint density at radius 3 is 2.65 bits per heavy atom. The van der Waals surface area contributed by atoms with Crippen molar-refractivity contribution in [2.75, 3.05) is 23.3 Å². The van der Waals surface area contributed by atoms with Crippen molar-refractivity contribution in [3.05, 3.63) is 53.7 Å². The lowest BCUT2D eigenvalue weighted by atomic mass is 10.1. The van der Waals surface area contributed by atoms with E-state index in [-0.39, 0.29) is 5.91 Å². The Morgan fingerprint density at radius 1 is 1.17 bits per heavy atom. The van der Waals surface area contributed by atoms with Crippen LogP contribution in [0.5, 0.6) is 0 Å². The molecule has 0 radical (unpaired) electrons. The average molecular weight is 309 g/mol. The molecule has 0 unspecified atom stereocenters. The van der Waals surface area contributed by atoms with E-state index in [9.17, 15) is 4.79 Å². The molecule has 4 nitrogen and oxygen atoms in total. The average Bonchev–Trinajstić information content (AvgIpc) is 3.10. The van der Waals surface area contributed by atoms with Crippen molar-refractivity contribution in [1.29, 1.82) is 0 Å². The first kappa shape index (κ1) is 15.5. The number of carbonyl (C=O) groups is 1. The van der Waals surface area contributed by atoms with E-state index in [0.29, 0.717) is 6.42 Å². The van der Waals surface area contributed by atoms with E-state index in [1.165, 1.54) is 24.0 Å². The van der Waals surface area contributed by atoms with Gasteiger partial charge in [0.15, 0.2) is 0 Å². The largest absolute Gasteiger partial charge is 0.357 e. The van der Waals surface area contributed by atoms with Crippen molar-refractivity contribution in [2.45, 2.75) is 32.6 Å². The molecule has 1 aliphatic rings. The van der Waals surface area contributed by atoms with Crippen molar-refractivity contribution in [3.63, 3.8) is 0 Å². The number of anilines is 2. The summed E-state index contributed by atoms with van der Waals surface area (Å²) in [6.07, 6.45) is 5.55. The Bertz CT molecular complexity index is 661. The maximum absolute atomic E-state index is 12.1. The third-order valence-electron chi connectivity index (χ3n) is 4.22.